The molecule has 1 unspecified atom stereocenters. The van der Waals surface area contributed by atoms with Crippen LogP contribution in [-0.2, 0) is 11.3 Å². The van der Waals surface area contributed by atoms with E-state index in [1.807, 2.05) is 0 Å². The number of anilines is 1. The predicted molar refractivity (Wildman–Crippen MR) is 110 cm³/mol. The Kier molecular flexibility index (Phi) is 7.15. The molecule has 1 aromatic heterocycles. The number of nitrogens with one attached hydrogen (secondary N) is 1. The van der Waals surface area contributed by atoms with E-state index in [0.29, 0.717) is 30.1 Å². The summed E-state index contributed by atoms with van der Waals surface area (Å²) in [5, 5.41) is 14.2. The third kappa shape index (κ3) is 5.39. The Bertz CT molecular complexity index is 845. The van der Waals surface area contributed by atoms with Gasteiger partial charge in [0.25, 0.3) is 0 Å². The van der Waals surface area contributed by atoms with Gasteiger partial charge in [0, 0.05) is 43.9 Å². The second-order valence-corrected chi connectivity index (χ2v) is 7.89. The summed E-state index contributed by atoms with van der Waals surface area (Å²) in [5.41, 5.74) is 1.82. The zero-order valence-electron chi connectivity index (χ0n) is 17.6. The van der Waals surface area contributed by atoms with Crippen molar-refractivity contribution in [2.45, 2.75) is 44.6 Å². The Morgan fingerprint density at radius 2 is 1.93 bits per heavy atom. The fraction of sp³-hybridized carbons (Fsp3) is 0.619. The lowest BCUT2D eigenvalue weighted by molar-refractivity contribution is -0.140. The number of nitrogens with zero attached hydrogens (tertiary/aromatic N) is 2. The van der Waals surface area contributed by atoms with E-state index in [4.69, 9.17) is 9.47 Å². The molecule has 1 fully saturated rings. The number of hydrogen-bond acceptors (Lipinski definition) is 5. The number of fused-ring (bicyclic) bond motifs is 1. The van der Waals surface area contributed by atoms with E-state index >= 15 is 0 Å². The summed E-state index contributed by atoms with van der Waals surface area (Å²) in [6, 6.07) is 5.35. The lowest BCUT2D eigenvalue weighted by atomic mass is 10.0. The number of methoxy groups -OCH3 is 2. The second-order valence-electron chi connectivity index (χ2n) is 7.89. The highest BCUT2D eigenvalue weighted by Crippen LogP contribution is 2.37. The predicted octanol–water partition coefficient (Wildman–Crippen LogP) is 3.40. The molecule has 30 heavy (non-hydrogen) atoms. The van der Waals surface area contributed by atoms with E-state index in [1.54, 1.807) is 39.3 Å². The van der Waals surface area contributed by atoms with Crippen LogP contribution in [0.25, 0.3) is 10.9 Å². The molecule has 1 aromatic carbocycles. The molecule has 0 saturated carbocycles. The maximum atomic E-state index is 13.0. The van der Waals surface area contributed by atoms with Crippen LogP contribution in [-0.4, -0.2) is 73.4 Å². The molecule has 2 heterocycles. The highest BCUT2D eigenvalue weighted by molar-refractivity contribution is 5.96. The molecule has 0 radical (unpaired) electrons. The van der Waals surface area contributed by atoms with E-state index in [-0.39, 0.29) is 6.04 Å². The number of aliphatic hydroxyl groups excluding tert-OH is 1. The van der Waals surface area contributed by atoms with Gasteiger partial charge >= 0.3 is 6.18 Å². The molecule has 1 atom stereocenters. The number of aromatic nitrogens is 1. The number of piperidine rings is 1. The van der Waals surface area contributed by atoms with E-state index in [2.05, 4.69) is 10.2 Å². The van der Waals surface area contributed by atoms with Gasteiger partial charge in [-0.05, 0) is 38.0 Å². The Balaban J connectivity index is 1.77. The number of likely N-dealkylation sites (tertiary alicyclic amines) is 1. The third-order valence-corrected chi connectivity index (χ3v) is 5.58. The molecule has 3 rings (SSSR count). The molecule has 1 saturated heterocycles. The van der Waals surface area contributed by atoms with Gasteiger partial charge in [0.05, 0.1) is 31.0 Å². The molecule has 168 valence electrons. The Hall–Kier alpha value is -1.97. The molecule has 2 N–H and O–H groups in total. The summed E-state index contributed by atoms with van der Waals surface area (Å²) >= 11 is 0. The van der Waals surface area contributed by atoms with E-state index in [9.17, 15) is 18.3 Å². The first-order valence-electron chi connectivity index (χ1n) is 10.1. The molecule has 0 bridgehead atoms. The van der Waals surface area contributed by atoms with Gasteiger partial charge < -0.3 is 29.4 Å². The van der Waals surface area contributed by atoms with Crippen LogP contribution in [0.1, 0.15) is 18.5 Å². The van der Waals surface area contributed by atoms with Crippen molar-refractivity contribution in [2.24, 2.45) is 0 Å². The molecular weight excluding hydrogens is 399 g/mol. The SMILES string of the molecule is COCC(O)CN1CCC(Nc2c(OC)ccc3c2cc(C)n3CC(F)(F)F)CC1. The minimum atomic E-state index is -4.29. The van der Waals surface area contributed by atoms with Gasteiger partial charge in [0.1, 0.15) is 12.3 Å². The van der Waals surface area contributed by atoms with Gasteiger partial charge in [0.15, 0.2) is 0 Å². The van der Waals surface area contributed by atoms with Crippen molar-refractivity contribution < 1.29 is 27.8 Å². The third-order valence-electron chi connectivity index (χ3n) is 5.58. The van der Waals surface area contributed by atoms with Crippen molar-refractivity contribution in [3.63, 3.8) is 0 Å². The number of β-amino-alcohol motifs (C(OH)–C–C–N with tert-alkyl or cyclic N) is 1. The molecular formula is C21H30F3N3O3. The molecule has 1 aliphatic rings. The topological polar surface area (TPSA) is 58.9 Å². The zero-order chi connectivity index (χ0) is 21.9. The van der Waals surface area contributed by atoms with Crippen LogP contribution in [0.2, 0.25) is 0 Å². The van der Waals surface area contributed by atoms with Crippen molar-refractivity contribution >= 4 is 16.6 Å². The zero-order valence-corrected chi connectivity index (χ0v) is 17.6. The average molecular weight is 429 g/mol. The molecule has 0 spiro atoms. The van der Waals surface area contributed by atoms with E-state index in [0.717, 1.165) is 37.0 Å². The van der Waals surface area contributed by atoms with Crippen LogP contribution < -0.4 is 10.1 Å². The van der Waals surface area contributed by atoms with Gasteiger partial charge in [-0.15, -0.1) is 0 Å². The first kappa shape index (κ1) is 22.7. The fourth-order valence-corrected chi connectivity index (χ4v) is 4.16. The molecule has 0 aliphatic carbocycles. The molecule has 0 amide bonds. The second kappa shape index (κ2) is 9.45. The normalized spacial score (nSPS) is 17.4. The summed E-state index contributed by atoms with van der Waals surface area (Å²) in [6.07, 6.45) is -3.07. The Labute approximate surface area is 174 Å². The van der Waals surface area contributed by atoms with E-state index in [1.165, 1.54) is 4.57 Å². The molecule has 9 heteroatoms. The van der Waals surface area contributed by atoms with Crippen molar-refractivity contribution in [1.29, 1.82) is 0 Å². The minimum Gasteiger partial charge on any atom is -0.495 e. The number of benzene rings is 1. The number of ether oxygens (including phenoxy) is 2. The van der Waals surface area contributed by atoms with Crippen LogP contribution in [0.4, 0.5) is 18.9 Å². The standard InChI is InChI=1S/C21H30F3N3O3/c1-14-10-17-18(27(14)13-21(22,23)24)4-5-19(30-3)20(17)25-15-6-8-26(9-7-15)11-16(28)12-29-2/h4-5,10,15-16,25,28H,6-9,11-13H2,1-3H3. The minimum absolute atomic E-state index is 0.173. The largest absolute Gasteiger partial charge is 0.495 e. The van der Waals surface area contributed by atoms with Crippen molar-refractivity contribution in [3.05, 3.63) is 23.9 Å². The van der Waals surface area contributed by atoms with Gasteiger partial charge in [-0.3, -0.25) is 0 Å². The van der Waals surface area contributed by atoms with Crippen LogP contribution in [0, 0.1) is 6.92 Å². The summed E-state index contributed by atoms with van der Waals surface area (Å²) < 4.78 is 50.9. The van der Waals surface area contributed by atoms with Crippen LogP contribution in [0.15, 0.2) is 18.2 Å². The number of halogens is 3. The first-order chi connectivity index (χ1) is 14.2. The fourth-order valence-electron chi connectivity index (χ4n) is 4.16. The summed E-state index contributed by atoms with van der Waals surface area (Å²) in [4.78, 5) is 2.20. The van der Waals surface area contributed by atoms with Gasteiger partial charge in [-0.1, -0.05) is 0 Å². The van der Waals surface area contributed by atoms with Crippen LogP contribution >= 0.6 is 0 Å². The quantitative estimate of drug-likeness (QED) is 0.674. The number of rotatable bonds is 8. The maximum Gasteiger partial charge on any atom is 0.406 e. The van der Waals surface area contributed by atoms with Gasteiger partial charge in [-0.2, -0.15) is 13.2 Å². The highest BCUT2D eigenvalue weighted by atomic mass is 19.4. The Morgan fingerprint density at radius 1 is 1.23 bits per heavy atom. The maximum absolute atomic E-state index is 13.0. The number of aryl methyl sites for hydroxylation is 1. The summed E-state index contributed by atoms with van der Waals surface area (Å²) in [6.45, 7) is 3.20. The molecule has 1 aliphatic heterocycles. The highest BCUT2D eigenvalue weighted by Gasteiger charge is 2.30. The lowest BCUT2D eigenvalue weighted by Crippen LogP contribution is -2.43. The number of hydrogen-bond donors (Lipinski definition) is 2. The summed E-state index contributed by atoms with van der Waals surface area (Å²) in [5.74, 6) is 0.615. The van der Waals surface area contributed by atoms with Crippen molar-refractivity contribution in [3.8, 4) is 5.75 Å². The molecule has 2 aromatic rings. The average Bonchev–Trinajstić information content (AvgIpc) is 2.98. The van der Waals surface area contributed by atoms with Crippen LogP contribution in [0.5, 0.6) is 5.75 Å². The number of aliphatic hydroxyl groups is 1. The lowest BCUT2D eigenvalue weighted by Gasteiger charge is -2.34. The summed E-state index contributed by atoms with van der Waals surface area (Å²) in [7, 11) is 3.13. The van der Waals surface area contributed by atoms with Gasteiger partial charge in [-0.25, -0.2) is 0 Å². The smallest absolute Gasteiger partial charge is 0.406 e. The Morgan fingerprint density at radius 3 is 2.53 bits per heavy atom. The van der Waals surface area contributed by atoms with Crippen LogP contribution in [0.3, 0.4) is 0 Å². The van der Waals surface area contributed by atoms with Crippen molar-refractivity contribution in [2.75, 3.05) is 45.8 Å². The first-order valence-corrected chi connectivity index (χ1v) is 10.1. The van der Waals surface area contributed by atoms with Crippen molar-refractivity contribution in [1.82, 2.24) is 9.47 Å². The van der Waals surface area contributed by atoms with Gasteiger partial charge in [0.2, 0.25) is 0 Å². The molecule has 6 nitrogen and oxygen atoms in total. The monoisotopic (exact) mass is 429 g/mol. The van der Waals surface area contributed by atoms with E-state index < -0.39 is 18.8 Å². The number of alkyl halides is 3.